The van der Waals surface area contributed by atoms with E-state index in [4.69, 9.17) is 4.74 Å². The molecule has 0 radical (unpaired) electrons. The fourth-order valence-corrected chi connectivity index (χ4v) is 3.73. The van der Waals surface area contributed by atoms with Crippen molar-refractivity contribution in [3.63, 3.8) is 0 Å². The summed E-state index contributed by atoms with van der Waals surface area (Å²) in [5.74, 6) is 1.38. The van der Waals surface area contributed by atoms with Crippen molar-refractivity contribution in [2.45, 2.75) is 51.2 Å². The standard InChI is InChI=1S/C20H32N2O2/c1-16(2)17-6-5-7-18(14-17)24-20-8-11-22(15-19(20)23)13-12-21-9-3-4-10-21/h5-7,14,16,19-20,23H,3-4,8-13,15H2,1-2H3/t19-,20-/m1/s1. The molecule has 24 heavy (non-hydrogen) atoms. The van der Waals surface area contributed by atoms with Crippen LogP contribution in [0, 0.1) is 0 Å². The lowest BCUT2D eigenvalue weighted by molar-refractivity contribution is -0.0266. The SMILES string of the molecule is CC(C)c1cccc(O[C@@H]2CCN(CCN3CCCC3)C[C@H]2O)c1. The molecule has 2 aliphatic heterocycles. The molecule has 3 rings (SSSR count). The fourth-order valence-electron chi connectivity index (χ4n) is 3.73. The summed E-state index contributed by atoms with van der Waals surface area (Å²) in [5.41, 5.74) is 1.28. The molecule has 0 amide bonds. The third-order valence-electron chi connectivity index (χ3n) is 5.35. The van der Waals surface area contributed by atoms with Gasteiger partial charge in [0.1, 0.15) is 18.0 Å². The maximum absolute atomic E-state index is 10.5. The maximum atomic E-state index is 10.5. The Morgan fingerprint density at radius 3 is 2.58 bits per heavy atom. The van der Waals surface area contributed by atoms with Gasteiger partial charge >= 0.3 is 0 Å². The van der Waals surface area contributed by atoms with Crippen LogP contribution in [0.25, 0.3) is 0 Å². The van der Waals surface area contributed by atoms with E-state index in [2.05, 4.69) is 35.8 Å². The molecule has 1 aromatic rings. The Bertz CT molecular complexity index is 514. The van der Waals surface area contributed by atoms with Crippen LogP contribution in [-0.4, -0.2) is 66.4 Å². The first-order chi connectivity index (χ1) is 11.6. The number of aliphatic hydroxyl groups excluding tert-OH is 1. The molecule has 0 unspecified atom stereocenters. The lowest BCUT2D eigenvalue weighted by Crippen LogP contribution is -2.50. The maximum Gasteiger partial charge on any atom is 0.127 e. The van der Waals surface area contributed by atoms with Gasteiger partial charge in [-0.25, -0.2) is 0 Å². The molecule has 0 aromatic heterocycles. The summed E-state index contributed by atoms with van der Waals surface area (Å²) in [7, 11) is 0. The predicted octanol–water partition coefficient (Wildman–Crippen LogP) is 2.72. The first-order valence-electron chi connectivity index (χ1n) is 9.51. The molecule has 1 aromatic carbocycles. The van der Waals surface area contributed by atoms with Crippen LogP contribution in [-0.2, 0) is 0 Å². The van der Waals surface area contributed by atoms with Gasteiger partial charge in [0.2, 0.25) is 0 Å². The second kappa shape index (κ2) is 8.32. The van der Waals surface area contributed by atoms with Crippen LogP contribution >= 0.6 is 0 Å². The average molecular weight is 332 g/mol. The van der Waals surface area contributed by atoms with E-state index in [1.807, 2.05) is 12.1 Å². The molecule has 0 aliphatic carbocycles. The number of rotatable bonds is 6. The number of likely N-dealkylation sites (tertiary alicyclic amines) is 2. The van der Waals surface area contributed by atoms with Crippen molar-refractivity contribution >= 4 is 0 Å². The molecular formula is C20H32N2O2. The highest BCUT2D eigenvalue weighted by Crippen LogP contribution is 2.24. The number of piperidine rings is 1. The Kier molecular flexibility index (Phi) is 6.14. The largest absolute Gasteiger partial charge is 0.488 e. The molecule has 1 N–H and O–H groups in total. The lowest BCUT2D eigenvalue weighted by Gasteiger charge is -2.36. The number of ether oxygens (including phenoxy) is 1. The summed E-state index contributed by atoms with van der Waals surface area (Å²) in [4.78, 5) is 4.92. The summed E-state index contributed by atoms with van der Waals surface area (Å²) in [5, 5.41) is 10.5. The Labute approximate surface area is 146 Å². The van der Waals surface area contributed by atoms with Crippen LogP contribution in [0.1, 0.15) is 44.6 Å². The summed E-state index contributed by atoms with van der Waals surface area (Å²) in [6, 6.07) is 8.28. The van der Waals surface area contributed by atoms with Gasteiger partial charge in [0.05, 0.1) is 0 Å². The van der Waals surface area contributed by atoms with Gasteiger partial charge < -0.3 is 14.7 Å². The van der Waals surface area contributed by atoms with Gasteiger partial charge in [0, 0.05) is 26.2 Å². The zero-order valence-electron chi connectivity index (χ0n) is 15.2. The van der Waals surface area contributed by atoms with Crippen LogP contribution in [0.4, 0.5) is 0 Å². The van der Waals surface area contributed by atoms with Crippen molar-refractivity contribution in [1.29, 1.82) is 0 Å². The second-order valence-electron chi connectivity index (χ2n) is 7.59. The van der Waals surface area contributed by atoms with Crippen molar-refractivity contribution in [2.75, 3.05) is 39.3 Å². The number of hydrogen-bond acceptors (Lipinski definition) is 4. The van der Waals surface area contributed by atoms with E-state index in [1.165, 1.54) is 31.5 Å². The van der Waals surface area contributed by atoms with E-state index in [1.54, 1.807) is 0 Å². The zero-order valence-corrected chi connectivity index (χ0v) is 15.2. The zero-order chi connectivity index (χ0) is 16.9. The average Bonchev–Trinajstić information content (AvgIpc) is 3.09. The Morgan fingerprint density at radius 1 is 1.12 bits per heavy atom. The summed E-state index contributed by atoms with van der Waals surface area (Å²) in [6.07, 6.45) is 3.09. The van der Waals surface area contributed by atoms with Gasteiger partial charge in [0.15, 0.2) is 0 Å². The van der Waals surface area contributed by atoms with Gasteiger partial charge in [-0.3, -0.25) is 4.90 Å². The van der Waals surface area contributed by atoms with Gasteiger partial charge in [-0.15, -0.1) is 0 Å². The molecule has 2 fully saturated rings. The van der Waals surface area contributed by atoms with Crippen LogP contribution in [0.15, 0.2) is 24.3 Å². The van der Waals surface area contributed by atoms with Crippen LogP contribution in [0.3, 0.4) is 0 Å². The third-order valence-corrected chi connectivity index (χ3v) is 5.35. The minimum Gasteiger partial charge on any atom is -0.488 e. The third kappa shape index (κ3) is 4.71. The predicted molar refractivity (Wildman–Crippen MR) is 97.7 cm³/mol. The number of aliphatic hydroxyl groups is 1. The van der Waals surface area contributed by atoms with Gasteiger partial charge in [-0.05, 0) is 56.0 Å². The van der Waals surface area contributed by atoms with Crippen LogP contribution in [0.5, 0.6) is 5.75 Å². The molecular weight excluding hydrogens is 300 g/mol. The van der Waals surface area contributed by atoms with Crippen molar-refractivity contribution in [2.24, 2.45) is 0 Å². The number of β-amino-alcohol motifs (C(OH)–C–C–N with tert-alkyl or cyclic N) is 1. The quantitative estimate of drug-likeness (QED) is 0.869. The topological polar surface area (TPSA) is 35.9 Å². The summed E-state index contributed by atoms with van der Waals surface area (Å²) >= 11 is 0. The van der Waals surface area contributed by atoms with Crippen molar-refractivity contribution < 1.29 is 9.84 Å². The molecule has 134 valence electrons. The molecule has 2 heterocycles. The minimum absolute atomic E-state index is 0.0875. The lowest BCUT2D eigenvalue weighted by atomic mass is 10.0. The fraction of sp³-hybridized carbons (Fsp3) is 0.700. The highest BCUT2D eigenvalue weighted by Gasteiger charge is 2.29. The molecule has 2 atom stereocenters. The minimum atomic E-state index is -0.403. The molecule has 2 aliphatic rings. The molecule has 0 bridgehead atoms. The Balaban J connectivity index is 1.47. The van der Waals surface area contributed by atoms with E-state index >= 15 is 0 Å². The van der Waals surface area contributed by atoms with E-state index in [0.29, 0.717) is 5.92 Å². The number of nitrogens with zero attached hydrogens (tertiary/aromatic N) is 2. The van der Waals surface area contributed by atoms with Crippen LogP contribution < -0.4 is 4.74 Å². The normalized spacial score (nSPS) is 26.2. The van der Waals surface area contributed by atoms with Crippen LogP contribution in [0.2, 0.25) is 0 Å². The van der Waals surface area contributed by atoms with Gasteiger partial charge in [-0.1, -0.05) is 26.0 Å². The van der Waals surface area contributed by atoms with E-state index < -0.39 is 6.10 Å². The molecule has 0 spiro atoms. The number of hydrogen-bond donors (Lipinski definition) is 1. The monoisotopic (exact) mass is 332 g/mol. The highest BCUT2D eigenvalue weighted by molar-refractivity contribution is 5.30. The summed E-state index contributed by atoms with van der Waals surface area (Å²) in [6.45, 7) is 10.8. The smallest absolute Gasteiger partial charge is 0.127 e. The van der Waals surface area contributed by atoms with Crippen molar-refractivity contribution in [1.82, 2.24) is 9.80 Å². The molecule has 4 nitrogen and oxygen atoms in total. The van der Waals surface area contributed by atoms with E-state index in [0.717, 1.165) is 38.3 Å². The van der Waals surface area contributed by atoms with Gasteiger partial charge in [0.25, 0.3) is 0 Å². The first-order valence-corrected chi connectivity index (χ1v) is 9.51. The highest BCUT2D eigenvalue weighted by atomic mass is 16.5. The number of benzene rings is 1. The first kappa shape index (κ1) is 17.7. The Morgan fingerprint density at radius 2 is 1.88 bits per heavy atom. The van der Waals surface area contributed by atoms with Gasteiger partial charge in [-0.2, -0.15) is 0 Å². The molecule has 4 heteroatoms. The second-order valence-corrected chi connectivity index (χ2v) is 7.59. The molecule has 0 saturated carbocycles. The van der Waals surface area contributed by atoms with Crippen molar-refractivity contribution in [3.8, 4) is 5.75 Å². The van der Waals surface area contributed by atoms with E-state index in [-0.39, 0.29) is 6.10 Å². The van der Waals surface area contributed by atoms with E-state index in [9.17, 15) is 5.11 Å². The Hall–Kier alpha value is -1.10. The molecule has 2 saturated heterocycles. The van der Waals surface area contributed by atoms with Crippen molar-refractivity contribution in [3.05, 3.63) is 29.8 Å². The summed E-state index contributed by atoms with van der Waals surface area (Å²) < 4.78 is 6.10.